The average molecular weight is 278 g/mol. The Morgan fingerprint density at radius 3 is 3.26 bits per heavy atom. The molecule has 2 aromatic rings. The number of rotatable bonds is 2. The van der Waals surface area contributed by atoms with Crippen LogP contribution >= 0.6 is 11.3 Å². The molecule has 19 heavy (non-hydrogen) atoms. The Hall–Kier alpha value is -1.24. The molecule has 2 aromatic heterocycles. The molecule has 0 amide bonds. The van der Waals surface area contributed by atoms with Gasteiger partial charge in [0.25, 0.3) is 5.56 Å². The lowest BCUT2D eigenvalue weighted by atomic mass is 9.95. The highest BCUT2D eigenvalue weighted by molar-refractivity contribution is 7.17. The predicted octanol–water partition coefficient (Wildman–Crippen LogP) is 1.15. The van der Waals surface area contributed by atoms with Crippen molar-refractivity contribution >= 4 is 21.6 Å². The van der Waals surface area contributed by atoms with Crippen molar-refractivity contribution in [1.29, 1.82) is 0 Å². The number of hydrogen-bond donors (Lipinski definition) is 2. The highest BCUT2D eigenvalue weighted by Crippen LogP contribution is 2.17. The van der Waals surface area contributed by atoms with Gasteiger partial charge in [-0.1, -0.05) is 6.92 Å². The van der Waals surface area contributed by atoms with Crippen molar-refractivity contribution in [2.45, 2.75) is 25.9 Å². The molecule has 0 bridgehead atoms. The third kappa shape index (κ3) is 2.56. The summed E-state index contributed by atoms with van der Waals surface area (Å²) < 4.78 is 0.706. The fourth-order valence-electron chi connectivity index (χ4n) is 2.60. The summed E-state index contributed by atoms with van der Waals surface area (Å²) in [5, 5.41) is 1.90. The van der Waals surface area contributed by atoms with E-state index in [1.54, 1.807) is 0 Å². The van der Waals surface area contributed by atoms with E-state index in [0.29, 0.717) is 23.2 Å². The first-order chi connectivity index (χ1) is 9.13. The van der Waals surface area contributed by atoms with Gasteiger partial charge >= 0.3 is 0 Å². The van der Waals surface area contributed by atoms with Crippen LogP contribution in [0.1, 0.15) is 19.2 Å². The number of H-pyrrole nitrogens is 1. The topological polar surface area (TPSA) is 75.0 Å². The summed E-state index contributed by atoms with van der Waals surface area (Å²) in [6.45, 7) is 4.80. The first-order valence-corrected chi connectivity index (χ1v) is 7.46. The van der Waals surface area contributed by atoms with E-state index in [2.05, 4.69) is 21.8 Å². The van der Waals surface area contributed by atoms with E-state index < -0.39 is 0 Å². The Bertz CT molecular complexity index is 635. The Morgan fingerprint density at radius 1 is 1.63 bits per heavy atom. The molecular weight excluding hydrogens is 260 g/mol. The molecule has 5 nitrogen and oxygen atoms in total. The molecule has 1 fully saturated rings. The zero-order valence-electron chi connectivity index (χ0n) is 10.9. The van der Waals surface area contributed by atoms with Gasteiger partial charge in [0.15, 0.2) is 0 Å². The number of aromatic amines is 1. The minimum absolute atomic E-state index is 0.0308. The summed E-state index contributed by atoms with van der Waals surface area (Å²) in [5.74, 6) is 1.24. The van der Waals surface area contributed by atoms with Gasteiger partial charge in [-0.05, 0) is 23.8 Å². The average Bonchev–Trinajstić information content (AvgIpc) is 2.82. The van der Waals surface area contributed by atoms with Crippen molar-refractivity contribution in [3.63, 3.8) is 0 Å². The first kappa shape index (κ1) is 12.8. The number of hydrogen-bond acceptors (Lipinski definition) is 5. The summed E-state index contributed by atoms with van der Waals surface area (Å²) in [5.41, 5.74) is 6.79. The first-order valence-electron chi connectivity index (χ1n) is 6.58. The third-order valence-corrected chi connectivity index (χ3v) is 4.70. The molecule has 0 spiro atoms. The number of thiophene rings is 1. The second kappa shape index (κ2) is 5.03. The molecule has 3 heterocycles. The van der Waals surface area contributed by atoms with E-state index in [0.717, 1.165) is 30.9 Å². The molecule has 0 saturated carbocycles. The number of piperidine rings is 1. The molecule has 6 heteroatoms. The summed E-state index contributed by atoms with van der Waals surface area (Å²) in [6.07, 6.45) is 1.01. The number of likely N-dealkylation sites (tertiary alicyclic amines) is 1. The maximum atomic E-state index is 11.9. The van der Waals surface area contributed by atoms with Crippen LogP contribution in [0, 0.1) is 5.92 Å². The largest absolute Gasteiger partial charge is 0.327 e. The van der Waals surface area contributed by atoms with Crippen molar-refractivity contribution < 1.29 is 0 Å². The van der Waals surface area contributed by atoms with Crippen molar-refractivity contribution in [3.8, 4) is 0 Å². The minimum atomic E-state index is -0.0308. The van der Waals surface area contributed by atoms with Crippen molar-refractivity contribution in [2.75, 3.05) is 13.1 Å². The van der Waals surface area contributed by atoms with E-state index in [1.807, 2.05) is 11.4 Å². The van der Waals surface area contributed by atoms with Gasteiger partial charge in [-0.3, -0.25) is 9.69 Å². The zero-order valence-corrected chi connectivity index (χ0v) is 11.7. The monoisotopic (exact) mass is 278 g/mol. The summed E-state index contributed by atoms with van der Waals surface area (Å²) in [6, 6.07) is 2.19. The van der Waals surface area contributed by atoms with E-state index in [1.165, 1.54) is 11.3 Å². The zero-order chi connectivity index (χ0) is 13.4. The number of nitrogens with zero attached hydrogens (tertiary/aromatic N) is 2. The van der Waals surface area contributed by atoms with Crippen LogP contribution in [0.15, 0.2) is 16.2 Å². The normalized spacial score (nSPS) is 24.9. The Labute approximate surface area is 115 Å². The van der Waals surface area contributed by atoms with Gasteiger partial charge < -0.3 is 10.7 Å². The van der Waals surface area contributed by atoms with Crippen molar-refractivity contribution in [1.82, 2.24) is 14.9 Å². The lowest BCUT2D eigenvalue weighted by Crippen LogP contribution is -2.45. The van der Waals surface area contributed by atoms with E-state index in [9.17, 15) is 4.79 Å². The van der Waals surface area contributed by atoms with Gasteiger partial charge in [-0.15, -0.1) is 11.3 Å². The second-order valence-electron chi connectivity index (χ2n) is 5.31. The number of aromatic nitrogens is 2. The maximum Gasteiger partial charge on any atom is 0.268 e. The molecular formula is C13H18N4OS. The number of nitrogens with one attached hydrogen (secondary N) is 1. The summed E-state index contributed by atoms with van der Waals surface area (Å²) >= 11 is 1.43. The van der Waals surface area contributed by atoms with Crippen LogP contribution in [-0.2, 0) is 6.54 Å². The predicted molar refractivity (Wildman–Crippen MR) is 77.3 cm³/mol. The van der Waals surface area contributed by atoms with Gasteiger partial charge in [0, 0.05) is 19.1 Å². The molecule has 2 atom stereocenters. The van der Waals surface area contributed by atoms with Gasteiger partial charge in [0.2, 0.25) is 0 Å². The highest BCUT2D eigenvalue weighted by atomic mass is 32.1. The lowest BCUT2D eigenvalue weighted by Gasteiger charge is -2.34. The molecule has 1 aliphatic rings. The molecule has 1 aliphatic heterocycles. The van der Waals surface area contributed by atoms with Crippen LogP contribution < -0.4 is 11.3 Å². The van der Waals surface area contributed by atoms with Crippen LogP contribution in [0.2, 0.25) is 0 Å². The van der Waals surface area contributed by atoms with Crippen LogP contribution in [0.3, 0.4) is 0 Å². The van der Waals surface area contributed by atoms with E-state index >= 15 is 0 Å². The molecule has 1 saturated heterocycles. The Balaban J connectivity index is 1.80. The lowest BCUT2D eigenvalue weighted by molar-refractivity contribution is 0.154. The fraction of sp³-hybridized carbons (Fsp3) is 0.538. The smallest absolute Gasteiger partial charge is 0.268 e. The number of nitrogens with two attached hydrogens (primary N) is 1. The quantitative estimate of drug-likeness (QED) is 0.864. The highest BCUT2D eigenvalue weighted by Gasteiger charge is 2.23. The number of fused-ring (bicyclic) bond motifs is 1. The fourth-order valence-corrected chi connectivity index (χ4v) is 3.33. The van der Waals surface area contributed by atoms with Crippen LogP contribution in [-0.4, -0.2) is 34.0 Å². The molecule has 0 aliphatic carbocycles. The molecule has 0 aromatic carbocycles. The van der Waals surface area contributed by atoms with Gasteiger partial charge in [-0.25, -0.2) is 4.98 Å². The third-order valence-electron chi connectivity index (χ3n) is 3.79. The summed E-state index contributed by atoms with van der Waals surface area (Å²) in [4.78, 5) is 21.6. The standard InChI is InChI=1S/C13H18N4OS/c1-8-6-17(4-2-9(8)14)7-11-15-10-3-5-19-12(10)13(18)16-11/h3,5,8-9H,2,4,6-7,14H2,1H3,(H,15,16,18). The van der Waals surface area contributed by atoms with Gasteiger partial charge in [0.05, 0.1) is 12.1 Å². The van der Waals surface area contributed by atoms with Crippen LogP contribution in [0.5, 0.6) is 0 Å². The molecule has 3 rings (SSSR count). The van der Waals surface area contributed by atoms with E-state index in [-0.39, 0.29) is 5.56 Å². The van der Waals surface area contributed by atoms with E-state index in [4.69, 9.17) is 5.73 Å². The molecule has 0 radical (unpaired) electrons. The van der Waals surface area contributed by atoms with Gasteiger partial charge in [0.1, 0.15) is 10.5 Å². The van der Waals surface area contributed by atoms with Crippen LogP contribution in [0.25, 0.3) is 10.2 Å². The Kier molecular flexibility index (Phi) is 3.38. The molecule has 102 valence electrons. The van der Waals surface area contributed by atoms with Crippen molar-refractivity contribution in [2.24, 2.45) is 11.7 Å². The van der Waals surface area contributed by atoms with Crippen molar-refractivity contribution in [3.05, 3.63) is 27.6 Å². The molecule has 2 unspecified atom stereocenters. The Morgan fingerprint density at radius 2 is 2.47 bits per heavy atom. The minimum Gasteiger partial charge on any atom is -0.327 e. The summed E-state index contributed by atoms with van der Waals surface area (Å²) in [7, 11) is 0. The van der Waals surface area contributed by atoms with Crippen LogP contribution in [0.4, 0.5) is 0 Å². The molecule has 3 N–H and O–H groups in total. The maximum absolute atomic E-state index is 11.9. The second-order valence-corrected chi connectivity index (χ2v) is 6.23. The SMILES string of the molecule is CC1CN(Cc2nc3ccsc3c(=O)[nH]2)CCC1N. The van der Waals surface area contributed by atoms with Gasteiger partial charge in [-0.2, -0.15) is 0 Å².